The molecule has 0 spiro atoms. The van der Waals surface area contributed by atoms with Gasteiger partial charge in [0.1, 0.15) is 0 Å². The zero-order valence-corrected chi connectivity index (χ0v) is 24.5. The van der Waals surface area contributed by atoms with Gasteiger partial charge in [-0.25, -0.2) is 0 Å². The Morgan fingerprint density at radius 3 is 1.92 bits per heavy atom. The SMILES string of the molecule is CCCCCCCCCCCCCC(=O)O.CCCCN1CCCCC1C(=O)Nc1c(C)cccc1C. The molecule has 37 heavy (non-hydrogen) atoms. The fourth-order valence-corrected chi connectivity index (χ4v) is 5.08. The average Bonchev–Trinajstić information content (AvgIpc) is 2.88. The Kier molecular flexibility index (Phi) is 18.9. The minimum absolute atomic E-state index is 0.0457. The number of anilines is 1. The first-order valence-corrected chi connectivity index (χ1v) is 15.2. The summed E-state index contributed by atoms with van der Waals surface area (Å²) in [4.78, 5) is 25.3. The number of likely N-dealkylation sites (tertiary alicyclic amines) is 1. The van der Waals surface area contributed by atoms with E-state index in [0.29, 0.717) is 6.42 Å². The highest BCUT2D eigenvalue weighted by Crippen LogP contribution is 2.23. The second-order valence-electron chi connectivity index (χ2n) is 10.8. The van der Waals surface area contributed by atoms with Crippen LogP contribution in [0, 0.1) is 13.8 Å². The molecule has 1 atom stereocenters. The maximum absolute atomic E-state index is 12.7. The quantitative estimate of drug-likeness (QED) is 0.203. The number of amides is 1. The van der Waals surface area contributed by atoms with Crippen LogP contribution in [0.3, 0.4) is 0 Å². The monoisotopic (exact) mass is 516 g/mol. The van der Waals surface area contributed by atoms with Gasteiger partial charge in [0.15, 0.2) is 0 Å². The molecule has 5 nitrogen and oxygen atoms in total. The van der Waals surface area contributed by atoms with Crippen LogP contribution < -0.4 is 5.32 Å². The summed E-state index contributed by atoms with van der Waals surface area (Å²) in [6.07, 6.45) is 20.1. The topological polar surface area (TPSA) is 69.6 Å². The van der Waals surface area contributed by atoms with Gasteiger partial charge in [-0.1, -0.05) is 109 Å². The summed E-state index contributed by atoms with van der Waals surface area (Å²) in [6, 6.07) is 6.19. The molecule has 1 fully saturated rings. The Morgan fingerprint density at radius 2 is 1.38 bits per heavy atom. The smallest absolute Gasteiger partial charge is 0.303 e. The summed E-state index contributed by atoms with van der Waals surface area (Å²) >= 11 is 0. The number of rotatable bonds is 17. The molecule has 1 aromatic rings. The number of carboxylic acid groups (broad SMARTS) is 1. The molecule has 1 amide bonds. The van der Waals surface area contributed by atoms with Crippen LogP contribution >= 0.6 is 0 Å². The molecule has 0 bridgehead atoms. The Morgan fingerprint density at radius 1 is 0.838 bits per heavy atom. The number of hydrogen-bond acceptors (Lipinski definition) is 3. The largest absolute Gasteiger partial charge is 0.481 e. The first-order valence-electron chi connectivity index (χ1n) is 15.2. The molecule has 1 aliphatic heterocycles. The van der Waals surface area contributed by atoms with E-state index in [1.54, 1.807) is 0 Å². The molecule has 0 aliphatic carbocycles. The van der Waals surface area contributed by atoms with Gasteiger partial charge in [0.25, 0.3) is 0 Å². The lowest BCUT2D eigenvalue weighted by Crippen LogP contribution is -2.47. The number of piperidine rings is 1. The predicted octanol–water partition coefficient (Wildman–Crippen LogP) is 8.67. The summed E-state index contributed by atoms with van der Waals surface area (Å²) in [6.45, 7) is 10.7. The van der Waals surface area contributed by atoms with Gasteiger partial charge in [0.2, 0.25) is 5.91 Å². The maximum Gasteiger partial charge on any atom is 0.303 e. The average molecular weight is 517 g/mol. The molecule has 2 N–H and O–H groups in total. The van der Waals surface area contributed by atoms with E-state index in [2.05, 4.69) is 50.0 Å². The first-order chi connectivity index (χ1) is 17.9. The van der Waals surface area contributed by atoms with Gasteiger partial charge in [-0.15, -0.1) is 0 Å². The lowest BCUT2D eigenvalue weighted by atomic mass is 10.00. The van der Waals surface area contributed by atoms with Crippen molar-refractivity contribution in [1.29, 1.82) is 0 Å². The third kappa shape index (κ3) is 15.2. The van der Waals surface area contributed by atoms with Crippen LogP contribution in [0.15, 0.2) is 18.2 Å². The van der Waals surface area contributed by atoms with Gasteiger partial charge in [0, 0.05) is 12.1 Å². The summed E-state index contributed by atoms with van der Waals surface area (Å²) in [7, 11) is 0. The number of aryl methyl sites for hydroxylation is 2. The normalized spacial score (nSPS) is 15.6. The maximum atomic E-state index is 12.7. The van der Waals surface area contributed by atoms with Crippen molar-refractivity contribution in [1.82, 2.24) is 4.90 Å². The highest BCUT2D eigenvalue weighted by Gasteiger charge is 2.28. The molecule has 5 heteroatoms. The van der Waals surface area contributed by atoms with Crippen molar-refractivity contribution in [3.8, 4) is 0 Å². The minimum Gasteiger partial charge on any atom is -0.481 e. The highest BCUT2D eigenvalue weighted by molar-refractivity contribution is 5.96. The lowest BCUT2D eigenvalue weighted by Gasteiger charge is -2.34. The predicted molar refractivity (Wildman–Crippen MR) is 157 cm³/mol. The van der Waals surface area contributed by atoms with Crippen molar-refractivity contribution in [2.24, 2.45) is 0 Å². The number of nitrogens with zero attached hydrogens (tertiary/aromatic N) is 1. The van der Waals surface area contributed by atoms with Gasteiger partial charge in [-0.2, -0.15) is 0 Å². The van der Waals surface area contributed by atoms with Crippen molar-refractivity contribution in [3.63, 3.8) is 0 Å². The van der Waals surface area contributed by atoms with Crippen molar-refractivity contribution in [2.45, 2.75) is 143 Å². The van der Waals surface area contributed by atoms with E-state index < -0.39 is 5.97 Å². The van der Waals surface area contributed by atoms with Gasteiger partial charge in [0.05, 0.1) is 6.04 Å². The van der Waals surface area contributed by atoms with E-state index in [4.69, 9.17) is 5.11 Å². The van der Waals surface area contributed by atoms with Gasteiger partial charge in [-0.3, -0.25) is 14.5 Å². The number of benzene rings is 1. The summed E-state index contributed by atoms with van der Waals surface area (Å²) in [5.74, 6) is -0.487. The number of carbonyl (C=O) groups is 2. The van der Waals surface area contributed by atoms with Crippen molar-refractivity contribution >= 4 is 17.6 Å². The van der Waals surface area contributed by atoms with Gasteiger partial charge >= 0.3 is 5.97 Å². The first kappa shape index (κ1) is 33.1. The number of nitrogens with one attached hydrogen (secondary N) is 1. The van der Waals surface area contributed by atoms with Crippen molar-refractivity contribution in [3.05, 3.63) is 29.3 Å². The van der Waals surface area contributed by atoms with Crippen molar-refractivity contribution in [2.75, 3.05) is 18.4 Å². The van der Waals surface area contributed by atoms with E-state index in [1.165, 1.54) is 77.0 Å². The standard InChI is InChI=1S/C18H28N2O.C14H28O2/c1-4-5-12-20-13-7-6-11-16(20)18(21)19-17-14(2)9-8-10-15(17)3;1-2-3-4-5-6-7-8-9-10-11-12-13-14(15)16/h8-10,16H,4-7,11-13H2,1-3H3,(H,19,21);2-13H2,1H3,(H,15,16). The van der Waals surface area contributed by atoms with Crippen LogP contribution in [0.1, 0.15) is 134 Å². The zero-order chi connectivity index (χ0) is 27.3. The summed E-state index contributed by atoms with van der Waals surface area (Å²) in [5, 5.41) is 11.6. The molecule has 1 unspecified atom stereocenters. The number of carbonyl (C=O) groups excluding carboxylic acids is 1. The number of carboxylic acids is 1. The Labute approximate surface area is 227 Å². The van der Waals surface area contributed by atoms with Crippen LogP contribution in [-0.2, 0) is 9.59 Å². The number of para-hydroxylation sites is 1. The molecule has 1 aromatic carbocycles. The second kappa shape index (κ2) is 21.1. The molecule has 1 saturated heterocycles. The molecule has 0 radical (unpaired) electrons. The van der Waals surface area contributed by atoms with Crippen LogP contribution in [-0.4, -0.2) is 41.0 Å². The lowest BCUT2D eigenvalue weighted by molar-refractivity contribution is -0.137. The van der Waals surface area contributed by atoms with Gasteiger partial charge < -0.3 is 10.4 Å². The Balaban J connectivity index is 0.000000387. The molecule has 1 aliphatic rings. The molecule has 212 valence electrons. The number of hydrogen-bond donors (Lipinski definition) is 2. The molecular formula is C32H56N2O3. The summed E-state index contributed by atoms with van der Waals surface area (Å²) in [5.41, 5.74) is 3.27. The van der Waals surface area contributed by atoms with Crippen LogP contribution in [0.2, 0.25) is 0 Å². The molecular weight excluding hydrogens is 460 g/mol. The van der Waals surface area contributed by atoms with Crippen LogP contribution in [0.4, 0.5) is 5.69 Å². The molecule has 2 rings (SSSR count). The van der Waals surface area contributed by atoms with E-state index in [9.17, 15) is 9.59 Å². The number of unbranched alkanes of at least 4 members (excludes halogenated alkanes) is 11. The van der Waals surface area contributed by atoms with Crippen LogP contribution in [0.25, 0.3) is 0 Å². The third-order valence-electron chi connectivity index (χ3n) is 7.44. The fraction of sp³-hybridized carbons (Fsp3) is 0.750. The van der Waals surface area contributed by atoms with E-state index in [1.807, 2.05) is 6.07 Å². The zero-order valence-electron chi connectivity index (χ0n) is 24.5. The molecule has 0 aromatic heterocycles. The van der Waals surface area contributed by atoms with Gasteiger partial charge in [-0.05, 0) is 63.7 Å². The van der Waals surface area contributed by atoms with Crippen LogP contribution in [0.5, 0.6) is 0 Å². The molecule has 0 saturated carbocycles. The Hall–Kier alpha value is -1.88. The van der Waals surface area contributed by atoms with E-state index in [0.717, 1.165) is 55.6 Å². The third-order valence-corrected chi connectivity index (χ3v) is 7.44. The summed E-state index contributed by atoms with van der Waals surface area (Å²) < 4.78 is 0. The number of aliphatic carboxylic acids is 1. The second-order valence-corrected chi connectivity index (χ2v) is 10.8. The molecule has 1 heterocycles. The van der Waals surface area contributed by atoms with E-state index in [-0.39, 0.29) is 11.9 Å². The van der Waals surface area contributed by atoms with E-state index >= 15 is 0 Å². The fourth-order valence-electron chi connectivity index (χ4n) is 5.08. The highest BCUT2D eigenvalue weighted by atomic mass is 16.4. The Bertz CT molecular complexity index is 729. The minimum atomic E-state index is -0.657. The van der Waals surface area contributed by atoms with Crippen molar-refractivity contribution < 1.29 is 14.7 Å².